The molecule has 1 heterocycles. The largest absolute Gasteiger partial charge is 0.481 e. The molecule has 0 fully saturated rings. The highest BCUT2D eigenvalue weighted by Crippen LogP contribution is 2.19. The van der Waals surface area contributed by atoms with Crippen molar-refractivity contribution in [2.75, 3.05) is 7.11 Å². The smallest absolute Gasteiger partial charge is 0.336 e. The van der Waals surface area contributed by atoms with Gasteiger partial charge in [-0.15, -0.1) is 0 Å². The third-order valence-corrected chi connectivity index (χ3v) is 2.59. The van der Waals surface area contributed by atoms with Crippen LogP contribution in [0, 0.1) is 0 Å². The maximum Gasteiger partial charge on any atom is 0.336 e. The Labute approximate surface area is 111 Å². The number of pyridine rings is 1. The third-order valence-electron chi connectivity index (χ3n) is 2.59. The zero-order chi connectivity index (χ0) is 13.7. The second kappa shape index (κ2) is 5.82. The Bertz CT molecular complexity index is 589. The van der Waals surface area contributed by atoms with Gasteiger partial charge >= 0.3 is 5.97 Å². The highest BCUT2D eigenvalue weighted by atomic mass is 16.5. The number of aliphatic carboxylic acids is 1. The summed E-state index contributed by atoms with van der Waals surface area (Å²) in [7, 11) is 1.53. The van der Waals surface area contributed by atoms with E-state index in [1.807, 2.05) is 6.07 Å². The number of carbonyl (C=O) groups is 1. The molecule has 1 aromatic carbocycles. The van der Waals surface area contributed by atoms with E-state index < -0.39 is 5.97 Å². The first-order valence-corrected chi connectivity index (χ1v) is 5.71. The fourth-order valence-corrected chi connectivity index (χ4v) is 1.65. The van der Waals surface area contributed by atoms with Crippen molar-refractivity contribution in [3.05, 3.63) is 59.8 Å². The lowest BCUT2D eigenvalue weighted by Crippen LogP contribution is -1.99. The Hall–Kier alpha value is -2.62. The summed E-state index contributed by atoms with van der Waals surface area (Å²) in [5, 5.41) is 9.28. The van der Waals surface area contributed by atoms with Crippen LogP contribution < -0.4 is 4.74 Å². The Morgan fingerprint density at radius 1 is 1.21 bits per heavy atom. The van der Waals surface area contributed by atoms with Gasteiger partial charge in [-0.3, -0.25) is 0 Å². The van der Waals surface area contributed by atoms with E-state index in [0.29, 0.717) is 17.0 Å². The van der Waals surface area contributed by atoms with E-state index in [9.17, 15) is 9.90 Å². The van der Waals surface area contributed by atoms with Crippen LogP contribution in [0.4, 0.5) is 0 Å². The Morgan fingerprint density at radius 2 is 1.95 bits per heavy atom. The van der Waals surface area contributed by atoms with E-state index in [-0.39, 0.29) is 5.57 Å². The molecule has 1 N–H and O–H groups in total. The van der Waals surface area contributed by atoms with Crippen molar-refractivity contribution in [3.63, 3.8) is 0 Å². The number of aromatic nitrogens is 1. The predicted octanol–water partition coefficient (Wildman–Crippen LogP) is 2.72. The number of hydrogen-bond donors (Lipinski definition) is 1. The Morgan fingerprint density at radius 3 is 2.47 bits per heavy atom. The summed E-state index contributed by atoms with van der Waals surface area (Å²) in [5.74, 6) is -0.476. The number of benzene rings is 1. The van der Waals surface area contributed by atoms with Crippen LogP contribution in [0.2, 0.25) is 0 Å². The Balaban J connectivity index is 2.38. The van der Waals surface area contributed by atoms with E-state index in [1.54, 1.807) is 48.7 Å². The van der Waals surface area contributed by atoms with Crippen molar-refractivity contribution >= 4 is 17.6 Å². The van der Waals surface area contributed by atoms with Gasteiger partial charge in [0.2, 0.25) is 5.88 Å². The van der Waals surface area contributed by atoms with Crippen molar-refractivity contribution in [1.29, 1.82) is 0 Å². The zero-order valence-electron chi connectivity index (χ0n) is 10.4. The number of carboxylic acid groups (broad SMARTS) is 1. The van der Waals surface area contributed by atoms with Crippen molar-refractivity contribution in [2.24, 2.45) is 0 Å². The quantitative estimate of drug-likeness (QED) is 0.853. The minimum atomic E-state index is -0.970. The Kier molecular flexibility index (Phi) is 3.93. The van der Waals surface area contributed by atoms with Gasteiger partial charge < -0.3 is 9.84 Å². The third kappa shape index (κ3) is 3.19. The molecule has 0 amide bonds. The van der Waals surface area contributed by atoms with Crippen molar-refractivity contribution in [2.45, 2.75) is 0 Å². The van der Waals surface area contributed by atoms with Crippen LogP contribution in [0.15, 0.2) is 48.7 Å². The van der Waals surface area contributed by atoms with Crippen LogP contribution in [0.5, 0.6) is 5.88 Å². The number of ether oxygens (including phenoxy) is 1. The summed E-state index contributed by atoms with van der Waals surface area (Å²) in [6.07, 6.45) is 3.16. The summed E-state index contributed by atoms with van der Waals surface area (Å²) in [6.45, 7) is 0. The molecule has 1 aromatic heterocycles. The summed E-state index contributed by atoms with van der Waals surface area (Å²) in [6, 6.07) is 12.4. The highest BCUT2D eigenvalue weighted by molar-refractivity contribution is 6.20. The van der Waals surface area contributed by atoms with Crippen LogP contribution in [0.25, 0.3) is 11.6 Å². The van der Waals surface area contributed by atoms with Crippen LogP contribution in [-0.4, -0.2) is 23.2 Å². The molecule has 4 heteroatoms. The fourth-order valence-electron chi connectivity index (χ4n) is 1.65. The minimum Gasteiger partial charge on any atom is -0.481 e. The number of methoxy groups -OCH3 is 1. The molecule has 0 bridgehead atoms. The average Bonchev–Trinajstić information content (AvgIpc) is 2.46. The van der Waals surface area contributed by atoms with Crippen molar-refractivity contribution < 1.29 is 14.6 Å². The van der Waals surface area contributed by atoms with Crippen LogP contribution in [-0.2, 0) is 4.79 Å². The molecule has 96 valence electrons. The maximum absolute atomic E-state index is 11.3. The summed E-state index contributed by atoms with van der Waals surface area (Å²) in [5.41, 5.74) is 1.60. The molecular formula is C15H13NO3. The normalized spacial score (nSPS) is 11.1. The number of rotatable bonds is 4. The lowest BCUT2D eigenvalue weighted by atomic mass is 10.0. The molecule has 0 radical (unpaired) electrons. The summed E-state index contributed by atoms with van der Waals surface area (Å²) >= 11 is 0. The van der Waals surface area contributed by atoms with E-state index in [0.717, 1.165) is 0 Å². The van der Waals surface area contributed by atoms with Crippen LogP contribution in [0.1, 0.15) is 11.1 Å². The van der Waals surface area contributed by atoms with E-state index >= 15 is 0 Å². The van der Waals surface area contributed by atoms with Gasteiger partial charge in [0.15, 0.2) is 0 Å². The average molecular weight is 255 g/mol. The minimum absolute atomic E-state index is 0.229. The number of carboxylic acids is 1. The van der Waals surface area contributed by atoms with Gasteiger partial charge in [0.25, 0.3) is 0 Å². The first-order chi connectivity index (χ1) is 9.20. The molecule has 0 saturated heterocycles. The lowest BCUT2D eigenvalue weighted by molar-refractivity contribution is -0.130. The number of nitrogens with zero attached hydrogens (tertiary/aromatic N) is 1. The second-order valence-corrected chi connectivity index (χ2v) is 3.86. The molecule has 0 aliphatic heterocycles. The molecule has 0 spiro atoms. The van der Waals surface area contributed by atoms with Gasteiger partial charge in [-0.1, -0.05) is 30.3 Å². The summed E-state index contributed by atoms with van der Waals surface area (Å²) < 4.78 is 4.96. The standard InChI is InChI=1S/C15H13NO3/c1-19-14-8-7-11(10-16-14)9-13(15(17)18)12-5-3-2-4-6-12/h2-10H,1H3,(H,17,18)/b13-9+. The SMILES string of the molecule is COc1ccc(/C=C(/C(=O)O)c2ccccc2)cn1. The lowest BCUT2D eigenvalue weighted by Gasteiger charge is -2.03. The monoisotopic (exact) mass is 255 g/mol. The number of hydrogen-bond acceptors (Lipinski definition) is 3. The second-order valence-electron chi connectivity index (χ2n) is 3.86. The van der Waals surface area contributed by atoms with Gasteiger partial charge in [0.1, 0.15) is 0 Å². The maximum atomic E-state index is 11.3. The molecule has 19 heavy (non-hydrogen) atoms. The topological polar surface area (TPSA) is 59.4 Å². The van der Waals surface area contributed by atoms with Crippen LogP contribution in [0.3, 0.4) is 0 Å². The van der Waals surface area contributed by atoms with Crippen molar-refractivity contribution in [1.82, 2.24) is 4.98 Å². The van der Waals surface area contributed by atoms with E-state index in [1.165, 1.54) is 7.11 Å². The van der Waals surface area contributed by atoms with Crippen LogP contribution >= 0.6 is 0 Å². The molecule has 0 aliphatic rings. The molecule has 0 aliphatic carbocycles. The van der Waals surface area contributed by atoms with Gasteiger partial charge in [-0.2, -0.15) is 0 Å². The van der Waals surface area contributed by atoms with Gasteiger partial charge in [-0.05, 0) is 23.3 Å². The van der Waals surface area contributed by atoms with Gasteiger partial charge in [0.05, 0.1) is 12.7 Å². The fraction of sp³-hybridized carbons (Fsp3) is 0.0667. The zero-order valence-corrected chi connectivity index (χ0v) is 10.4. The van der Waals surface area contributed by atoms with Gasteiger partial charge in [-0.25, -0.2) is 9.78 Å². The first kappa shape index (κ1) is 12.8. The molecule has 0 atom stereocenters. The predicted molar refractivity (Wildman–Crippen MR) is 72.7 cm³/mol. The molecule has 4 nitrogen and oxygen atoms in total. The molecular weight excluding hydrogens is 242 g/mol. The first-order valence-electron chi connectivity index (χ1n) is 5.71. The molecule has 0 unspecified atom stereocenters. The molecule has 2 rings (SSSR count). The van der Waals surface area contributed by atoms with E-state index in [2.05, 4.69) is 4.98 Å². The van der Waals surface area contributed by atoms with Gasteiger partial charge in [0, 0.05) is 12.3 Å². The van der Waals surface area contributed by atoms with Crippen molar-refractivity contribution in [3.8, 4) is 5.88 Å². The molecule has 0 saturated carbocycles. The van der Waals surface area contributed by atoms with E-state index in [4.69, 9.17) is 4.74 Å². The highest BCUT2D eigenvalue weighted by Gasteiger charge is 2.09. The molecule has 2 aromatic rings. The summed E-state index contributed by atoms with van der Waals surface area (Å²) in [4.78, 5) is 15.4.